The summed E-state index contributed by atoms with van der Waals surface area (Å²) in [7, 11) is -1.47. The fourth-order valence-electron chi connectivity index (χ4n) is 2.56. The highest BCUT2D eigenvalue weighted by molar-refractivity contribution is 7.99. The minimum Gasteiger partial charge on any atom is -0.534 e. The lowest BCUT2D eigenvalue weighted by atomic mass is 9.72. The molecule has 11 heteroatoms. The van der Waals surface area contributed by atoms with E-state index in [1.165, 1.54) is 17.8 Å². The first-order valence-electron chi connectivity index (χ1n) is 8.83. The molecule has 1 atom stereocenters. The number of rotatable bonds is 6. The van der Waals surface area contributed by atoms with Crippen molar-refractivity contribution in [3.8, 4) is 5.75 Å². The molecular formula is C18H23BFNO7S. The molecule has 0 aliphatic carbocycles. The monoisotopic (exact) mass is 427 g/mol. The van der Waals surface area contributed by atoms with Crippen LogP contribution in [0.3, 0.4) is 0 Å². The first-order valence-corrected chi connectivity index (χ1v) is 10.2. The second kappa shape index (κ2) is 9.49. The van der Waals surface area contributed by atoms with Crippen LogP contribution in [0.15, 0.2) is 12.1 Å². The molecule has 0 spiro atoms. The molecule has 0 aromatic heterocycles. The molecule has 1 aliphatic heterocycles. The van der Waals surface area contributed by atoms with Gasteiger partial charge in [-0.15, -0.1) is 0 Å². The quantitative estimate of drug-likeness (QED) is 0.398. The first-order chi connectivity index (χ1) is 13.5. The molecule has 1 amide bonds. The van der Waals surface area contributed by atoms with Crippen molar-refractivity contribution in [1.82, 2.24) is 5.32 Å². The van der Waals surface area contributed by atoms with Crippen molar-refractivity contribution in [1.29, 1.82) is 0 Å². The summed E-state index contributed by atoms with van der Waals surface area (Å²) in [6.07, 6.45) is 1.90. The van der Waals surface area contributed by atoms with Gasteiger partial charge in [-0.2, -0.15) is 11.8 Å². The van der Waals surface area contributed by atoms with Crippen molar-refractivity contribution in [3.63, 3.8) is 0 Å². The van der Waals surface area contributed by atoms with Gasteiger partial charge in [-0.25, -0.2) is 9.18 Å². The van der Waals surface area contributed by atoms with Gasteiger partial charge in [0.25, 0.3) is 0 Å². The molecule has 1 heterocycles. The molecule has 1 aromatic carbocycles. The maximum absolute atomic E-state index is 14.3. The minimum atomic E-state index is -1.47. The summed E-state index contributed by atoms with van der Waals surface area (Å²) in [5, 5.41) is 12.8. The number of amides is 1. The number of benzene rings is 1. The molecule has 0 saturated carbocycles. The molecular weight excluding hydrogens is 404 g/mol. The number of fused-ring (bicyclic) bond motifs is 1. The van der Waals surface area contributed by atoms with Crippen LogP contribution in [0.4, 0.5) is 4.39 Å². The van der Waals surface area contributed by atoms with Gasteiger partial charge in [-0.3, -0.25) is 9.59 Å². The Labute approximate surface area is 172 Å². The second-order valence-corrected chi connectivity index (χ2v) is 8.33. The first kappa shape index (κ1) is 23.0. The fourth-order valence-corrected chi connectivity index (χ4v) is 2.90. The Morgan fingerprint density at radius 1 is 1.34 bits per heavy atom. The summed E-state index contributed by atoms with van der Waals surface area (Å²) in [6.45, 7) is 4.21. The smallest absolute Gasteiger partial charge is 0.534 e. The van der Waals surface area contributed by atoms with Crippen molar-refractivity contribution in [3.05, 3.63) is 29.1 Å². The van der Waals surface area contributed by atoms with Gasteiger partial charge >= 0.3 is 19.1 Å². The number of carbonyl (C=O) groups is 3. The molecule has 0 radical (unpaired) electrons. The van der Waals surface area contributed by atoms with Crippen molar-refractivity contribution in [2.24, 2.45) is 5.41 Å². The highest BCUT2D eigenvalue weighted by Crippen LogP contribution is 2.32. The van der Waals surface area contributed by atoms with E-state index in [2.05, 4.69) is 5.32 Å². The molecule has 0 unspecified atom stereocenters. The third-order valence-electron chi connectivity index (χ3n) is 4.03. The molecule has 2 rings (SSSR count). The molecule has 1 aromatic rings. The van der Waals surface area contributed by atoms with Gasteiger partial charge in [0.1, 0.15) is 17.1 Å². The van der Waals surface area contributed by atoms with E-state index in [9.17, 15) is 23.8 Å². The standard InChI is InChI=1S/C18H23BFNO7S/c1-18(2,3)17(24)27-9-26-16(23)14-11(20)6-5-10-7-12(19(25)28-15(10)14)21-13(22)8-29-4/h5-6,12,25H,7-9H2,1-4H3,(H,21,22)/t12-/m0/s1. The number of esters is 2. The van der Waals surface area contributed by atoms with Crippen molar-refractivity contribution < 1.29 is 37.9 Å². The average Bonchev–Trinajstić information content (AvgIpc) is 2.61. The maximum Gasteiger partial charge on any atom is 0.547 e. The highest BCUT2D eigenvalue weighted by Gasteiger charge is 2.39. The summed E-state index contributed by atoms with van der Waals surface area (Å²) in [5.41, 5.74) is -0.876. The largest absolute Gasteiger partial charge is 0.547 e. The van der Waals surface area contributed by atoms with Crippen LogP contribution in [0.25, 0.3) is 0 Å². The maximum atomic E-state index is 14.3. The van der Waals surface area contributed by atoms with Gasteiger partial charge in [0.2, 0.25) is 12.7 Å². The predicted octanol–water partition coefficient (Wildman–Crippen LogP) is 1.33. The summed E-state index contributed by atoms with van der Waals surface area (Å²) in [6, 6.07) is 2.47. The molecule has 158 valence electrons. The van der Waals surface area contributed by atoms with Crippen molar-refractivity contribution in [2.45, 2.75) is 33.1 Å². The van der Waals surface area contributed by atoms with Crippen LogP contribution in [0.2, 0.25) is 0 Å². The summed E-state index contributed by atoms with van der Waals surface area (Å²) >= 11 is 1.32. The SMILES string of the molecule is CSCC(=O)N[C@H]1Cc2ccc(F)c(C(=O)OCOC(=O)C(C)(C)C)c2OB1O. The normalized spacial score (nSPS) is 15.8. The Hall–Kier alpha value is -2.27. The lowest BCUT2D eigenvalue weighted by molar-refractivity contribution is -0.161. The number of carbonyl (C=O) groups excluding carboxylic acids is 3. The van der Waals surface area contributed by atoms with E-state index in [1.807, 2.05) is 0 Å². The van der Waals surface area contributed by atoms with E-state index >= 15 is 0 Å². The van der Waals surface area contributed by atoms with Gasteiger partial charge in [-0.05, 0) is 45.1 Å². The number of hydrogen-bond acceptors (Lipinski definition) is 8. The van der Waals surface area contributed by atoms with Crippen LogP contribution >= 0.6 is 11.8 Å². The zero-order valence-corrected chi connectivity index (χ0v) is 17.4. The number of hydrogen-bond donors (Lipinski definition) is 2. The van der Waals surface area contributed by atoms with Gasteiger partial charge in [-0.1, -0.05) is 6.07 Å². The van der Waals surface area contributed by atoms with Crippen LogP contribution in [-0.4, -0.2) is 54.7 Å². The van der Waals surface area contributed by atoms with E-state index in [-0.39, 0.29) is 23.8 Å². The Morgan fingerprint density at radius 2 is 2.03 bits per heavy atom. The van der Waals surface area contributed by atoms with Gasteiger partial charge in [0, 0.05) is 0 Å². The van der Waals surface area contributed by atoms with Gasteiger partial charge in [0.15, 0.2) is 0 Å². The van der Waals surface area contributed by atoms with Crippen LogP contribution in [-0.2, 0) is 25.5 Å². The Kier molecular flexibility index (Phi) is 7.53. The third-order valence-corrected chi connectivity index (χ3v) is 4.58. The molecule has 0 fully saturated rings. The Bertz CT molecular complexity index is 799. The van der Waals surface area contributed by atoms with E-state index in [0.717, 1.165) is 6.07 Å². The van der Waals surface area contributed by atoms with Crippen LogP contribution < -0.4 is 9.97 Å². The van der Waals surface area contributed by atoms with Gasteiger partial charge < -0.3 is 24.5 Å². The van der Waals surface area contributed by atoms with Gasteiger partial charge in [0.05, 0.1) is 17.1 Å². The number of ether oxygens (including phenoxy) is 2. The van der Waals surface area contributed by atoms with Crippen molar-refractivity contribution in [2.75, 3.05) is 18.8 Å². The molecule has 8 nitrogen and oxygen atoms in total. The van der Waals surface area contributed by atoms with E-state index < -0.39 is 48.6 Å². The van der Waals surface area contributed by atoms with Crippen LogP contribution in [0, 0.1) is 11.2 Å². The minimum absolute atomic E-state index is 0.135. The summed E-state index contributed by atoms with van der Waals surface area (Å²) < 4.78 is 29.3. The van der Waals surface area contributed by atoms with Crippen LogP contribution in [0.5, 0.6) is 5.75 Å². The Morgan fingerprint density at radius 3 is 2.66 bits per heavy atom. The Balaban J connectivity index is 2.12. The highest BCUT2D eigenvalue weighted by atomic mass is 32.2. The fraction of sp³-hybridized carbons (Fsp3) is 0.500. The second-order valence-electron chi connectivity index (χ2n) is 7.46. The lowest BCUT2D eigenvalue weighted by Gasteiger charge is -2.29. The summed E-state index contributed by atoms with van der Waals surface area (Å²) in [4.78, 5) is 35.8. The molecule has 0 saturated heterocycles. The topological polar surface area (TPSA) is 111 Å². The van der Waals surface area contributed by atoms with E-state index in [1.54, 1.807) is 27.0 Å². The van der Waals surface area contributed by atoms with E-state index in [4.69, 9.17) is 14.1 Å². The number of thioether (sulfide) groups is 1. The number of halogens is 1. The molecule has 1 aliphatic rings. The number of nitrogens with one attached hydrogen (secondary N) is 1. The molecule has 0 bridgehead atoms. The zero-order chi connectivity index (χ0) is 21.8. The van der Waals surface area contributed by atoms with E-state index in [0.29, 0.717) is 5.56 Å². The van der Waals surface area contributed by atoms with Crippen molar-refractivity contribution >= 4 is 36.7 Å². The predicted molar refractivity (Wildman–Crippen MR) is 105 cm³/mol. The summed E-state index contributed by atoms with van der Waals surface area (Å²) in [5.74, 6) is -3.58. The average molecular weight is 427 g/mol. The zero-order valence-electron chi connectivity index (χ0n) is 16.6. The van der Waals surface area contributed by atoms with Crippen LogP contribution in [0.1, 0.15) is 36.7 Å². The lowest BCUT2D eigenvalue weighted by Crippen LogP contribution is -2.53. The molecule has 2 N–H and O–H groups in total. The molecule has 29 heavy (non-hydrogen) atoms. The third kappa shape index (κ3) is 5.86.